The normalized spacial score (nSPS) is 16.6. The van der Waals surface area contributed by atoms with E-state index in [-0.39, 0.29) is 16.2 Å². The van der Waals surface area contributed by atoms with Crippen molar-refractivity contribution in [2.24, 2.45) is 5.92 Å². The molecule has 2 aliphatic rings. The lowest BCUT2D eigenvalue weighted by Gasteiger charge is -2.31. The van der Waals surface area contributed by atoms with Gasteiger partial charge in [0.1, 0.15) is 19.0 Å². The molecule has 1 aromatic carbocycles. The lowest BCUT2D eigenvalue weighted by molar-refractivity contribution is -0.121. The van der Waals surface area contributed by atoms with Crippen LogP contribution in [0.25, 0.3) is 0 Å². The molecule has 1 fully saturated rings. The van der Waals surface area contributed by atoms with Gasteiger partial charge in [-0.15, -0.1) is 0 Å². The number of carbonyl (C=O) groups excluding carboxylic acids is 1. The molecule has 3 rings (SSSR count). The number of nitrogens with zero attached hydrogens (tertiary/aromatic N) is 1. The van der Waals surface area contributed by atoms with Crippen LogP contribution in [0.2, 0.25) is 0 Å². The molecule has 0 radical (unpaired) electrons. The topological polar surface area (TPSA) is 59.0 Å². The minimum absolute atomic E-state index is 0. The summed E-state index contributed by atoms with van der Waals surface area (Å²) in [5, 5.41) is 11.4. The number of fused-ring (bicyclic) bond motifs is 1. The molecular formula is C35H65NO4. The summed E-state index contributed by atoms with van der Waals surface area (Å²) in [6.45, 7) is 4.09. The number of Topliss-reactive ketones (excluding diaryl/α,β-unsaturated/α-hetero) is 1. The Hall–Kier alpha value is -1.59. The Bertz CT molecular complexity index is 818. The predicted molar refractivity (Wildman–Crippen MR) is 172 cm³/mol. The van der Waals surface area contributed by atoms with Gasteiger partial charge < -0.3 is 19.5 Å². The fourth-order valence-corrected chi connectivity index (χ4v) is 6.39. The molecule has 0 bridgehead atoms. The van der Waals surface area contributed by atoms with E-state index < -0.39 is 6.10 Å². The SMILES string of the molecule is C.CCCCCCCCCCCCCCCC(=O)C[C@H](CN(C)C1CCCC1)[C@@H](O)c1ccc2c(c1)OCCO2.[HH].[HH]. The standard InChI is InChI=1S/C34H57NO4.CH4.2H2/c1-3-4-5-6-7-8-9-10-11-12-13-14-15-20-31(36)25-29(27-35(2)30-18-16-17-19-30)34(37)28-21-22-32-33(26-28)39-24-23-38-32;;;/h21-22,26,29-30,34,37H,3-20,23-25,27H2,1-2H3;1H4;2*1H/t29-,34+;;;/m1.../s1. The number of hydrogen-bond acceptors (Lipinski definition) is 5. The van der Waals surface area contributed by atoms with Crippen LogP contribution in [0.3, 0.4) is 0 Å². The van der Waals surface area contributed by atoms with E-state index in [9.17, 15) is 9.90 Å². The third-order valence-corrected chi connectivity index (χ3v) is 8.87. The third-order valence-electron chi connectivity index (χ3n) is 8.87. The van der Waals surface area contributed by atoms with E-state index in [1.807, 2.05) is 18.2 Å². The van der Waals surface area contributed by atoms with Crippen LogP contribution in [0, 0.1) is 5.92 Å². The molecule has 1 aliphatic heterocycles. The van der Waals surface area contributed by atoms with Crippen molar-refractivity contribution < 1.29 is 22.2 Å². The molecule has 1 heterocycles. The van der Waals surface area contributed by atoms with Crippen molar-refractivity contribution >= 4 is 5.78 Å². The molecule has 40 heavy (non-hydrogen) atoms. The van der Waals surface area contributed by atoms with Gasteiger partial charge in [-0.2, -0.15) is 0 Å². The number of ether oxygens (including phenoxy) is 2. The van der Waals surface area contributed by atoms with E-state index in [0.29, 0.717) is 43.6 Å². The van der Waals surface area contributed by atoms with E-state index in [0.717, 1.165) is 30.7 Å². The van der Waals surface area contributed by atoms with Crippen LogP contribution in [0.15, 0.2) is 18.2 Å². The molecule has 2 atom stereocenters. The Morgan fingerprint density at radius 1 is 0.900 bits per heavy atom. The zero-order valence-corrected chi connectivity index (χ0v) is 25.1. The highest BCUT2D eigenvalue weighted by Crippen LogP contribution is 2.36. The average Bonchev–Trinajstić information content (AvgIpc) is 3.50. The van der Waals surface area contributed by atoms with Gasteiger partial charge in [-0.05, 0) is 44.0 Å². The summed E-state index contributed by atoms with van der Waals surface area (Å²) >= 11 is 0. The van der Waals surface area contributed by atoms with Crippen molar-refractivity contribution in [3.05, 3.63) is 23.8 Å². The molecule has 0 unspecified atom stereocenters. The molecule has 0 aromatic heterocycles. The monoisotopic (exact) mass is 563 g/mol. The molecule has 1 saturated carbocycles. The zero-order chi connectivity index (χ0) is 27.7. The molecule has 1 aromatic rings. The molecule has 1 N–H and O–H groups in total. The number of hydrogen-bond donors (Lipinski definition) is 1. The van der Waals surface area contributed by atoms with Crippen LogP contribution in [-0.2, 0) is 4.79 Å². The van der Waals surface area contributed by atoms with Crippen molar-refractivity contribution in [2.45, 2.75) is 148 Å². The first-order valence-electron chi connectivity index (χ1n) is 16.4. The highest BCUT2D eigenvalue weighted by molar-refractivity contribution is 5.78. The van der Waals surface area contributed by atoms with Gasteiger partial charge in [0.15, 0.2) is 11.5 Å². The minimum Gasteiger partial charge on any atom is -0.486 e. The number of unbranched alkanes of at least 4 members (excludes halogenated alkanes) is 12. The van der Waals surface area contributed by atoms with Gasteiger partial charge in [-0.3, -0.25) is 4.79 Å². The van der Waals surface area contributed by atoms with Crippen molar-refractivity contribution in [2.75, 3.05) is 26.8 Å². The van der Waals surface area contributed by atoms with Crippen molar-refractivity contribution in [3.63, 3.8) is 0 Å². The Morgan fingerprint density at radius 3 is 2.05 bits per heavy atom. The van der Waals surface area contributed by atoms with Gasteiger partial charge in [0.25, 0.3) is 0 Å². The van der Waals surface area contributed by atoms with Gasteiger partial charge in [-0.1, -0.05) is 110 Å². The lowest BCUT2D eigenvalue weighted by Crippen LogP contribution is -2.36. The highest BCUT2D eigenvalue weighted by atomic mass is 16.6. The maximum absolute atomic E-state index is 13.1. The maximum atomic E-state index is 13.1. The summed E-state index contributed by atoms with van der Waals surface area (Å²) in [5.41, 5.74) is 0.817. The van der Waals surface area contributed by atoms with Gasteiger partial charge in [0, 0.05) is 34.2 Å². The largest absolute Gasteiger partial charge is 0.486 e. The van der Waals surface area contributed by atoms with E-state index >= 15 is 0 Å². The Labute approximate surface area is 249 Å². The number of ketones is 1. The summed E-state index contributed by atoms with van der Waals surface area (Å²) in [5.74, 6) is 1.60. The Kier molecular flexibility index (Phi) is 17.6. The van der Waals surface area contributed by atoms with E-state index in [4.69, 9.17) is 9.47 Å². The van der Waals surface area contributed by atoms with E-state index in [1.54, 1.807) is 0 Å². The second-order valence-corrected chi connectivity index (χ2v) is 12.2. The summed E-state index contributed by atoms with van der Waals surface area (Å²) in [6.07, 6.45) is 22.4. The Morgan fingerprint density at radius 2 is 1.45 bits per heavy atom. The number of aliphatic hydroxyl groups is 1. The molecule has 0 spiro atoms. The van der Waals surface area contributed by atoms with Crippen LogP contribution in [-0.4, -0.2) is 48.6 Å². The second kappa shape index (κ2) is 20.3. The van der Waals surface area contributed by atoms with Crippen LogP contribution in [0.4, 0.5) is 0 Å². The quantitative estimate of drug-likeness (QED) is 0.151. The van der Waals surface area contributed by atoms with Gasteiger partial charge in [0.05, 0.1) is 6.10 Å². The maximum Gasteiger partial charge on any atom is 0.161 e. The summed E-state index contributed by atoms with van der Waals surface area (Å²) in [7, 11) is 2.16. The molecule has 0 amide bonds. The number of carbonyl (C=O) groups is 1. The molecule has 5 nitrogen and oxygen atoms in total. The first kappa shape index (κ1) is 34.6. The number of rotatable bonds is 21. The number of benzene rings is 1. The number of aliphatic hydroxyl groups excluding tert-OH is 1. The fourth-order valence-electron chi connectivity index (χ4n) is 6.39. The second-order valence-electron chi connectivity index (χ2n) is 12.2. The molecule has 234 valence electrons. The van der Waals surface area contributed by atoms with Gasteiger partial charge in [-0.25, -0.2) is 0 Å². The zero-order valence-electron chi connectivity index (χ0n) is 25.1. The highest BCUT2D eigenvalue weighted by Gasteiger charge is 2.29. The van der Waals surface area contributed by atoms with Crippen LogP contribution < -0.4 is 9.47 Å². The fraction of sp³-hybridized carbons (Fsp3) is 0.800. The lowest BCUT2D eigenvalue weighted by atomic mass is 9.89. The van der Waals surface area contributed by atoms with Crippen LogP contribution in [0.5, 0.6) is 11.5 Å². The smallest absolute Gasteiger partial charge is 0.161 e. The van der Waals surface area contributed by atoms with Crippen molar-refractivity contribution in [3.8, 4) is 11.5 Å². The van der Waals surface area contributed by atoms with Gasteiger partial charge in [0.2, 0.25) is 0 Å². The average molecular weight is 564 g/mol. The molecule has 0 saturated heterocycles. The van der Waals surface area contributed by atoms with E-state index in [2.05, 4.69) is 18.9 Å². The summed E-state index contributed by atoms with van der Waals surface area (Å²) in [6, 6.07) is 6.28. The van der Waals surface area contributed by atoms with Crippen LogP contribution >= 0.6 is 0 Å². The third kappa shape index (κ3) is 12.5. The molecular weight excluding hydrogens is 498 g/mol. The van der Waals surface area contributed by atoms with Gasteiger partial charge >= 0.3 is 0 Å². The van der Waals surface area contributed by atoms with Crippen LogP contribution in [0.1, 0.15) is 151 Å². The Balaban J connectivity index is 0.00000560. The van der Waals surface area contributed by atoms with E-state index in [1.165, 1.54) is 96.3 Å². The summed E-state index contributed by atoms with van der Waals surface area (Å²) < 4.78 is 11.4. The predicted octanol–water partition coefficient (Wildman–Crippen LogP) is 9.55. The minimum atomic E-state index is -0.694. The van der Waals surface area contributed by atoms with Crippen molar-refractivity contribution in [1.82, 2.24) is 4.90 Å². The first-order valence-corrected chi connectivity index (χ1v) is 16.4. The molecule has 1 aliphatic carbocycles. The summed E-state index contributed by atoms with van der Waals surface area (Å²) in [4.78, 5) is 15.4. The van der Waals surface area contributed by atoms with Crippen molar-refractivity contribution in [1.29, 1.82) is 0 Å². The first-order chi connectivity index (χ1) is 19.1. The molecule has 5 heteroatoms.